The summed E-state index contributed by atoms with van der Waals surface area (Å²) in [6.07, 6.45) is 7.36. The summed E-state index contributed by atoms with van der Waals surface area (Å²) in [6.45, 7) is 9.88. The van der Waals surface area contributed by atoms with E-state index in [1.54, 1.807) is 23.6 Å². The van der Waals surface area contributed by atoms with Crippen LogP contribution in [0.5, 0.6) is 0 Å². The maximum absolute atomic E-state index is 13.1. The lowest BCUT2D eigenvalue weighted by Crippen LogP contribution is -2.43. The maximum Gasteiger partial charge on any atom is 0.306 e. The third-order valence-electron chi connectivity index (χ3n) is 12.7. The highest BCUT2D eigenvalue weighted by Crippen LogP contribution is 2.28. The summed E-state index contributed by atoms with van der Waals surface area (Å²) in [4.78, 5) is 100. The van der Waals surface area contributed by atoms with Crippen LogP contribution in [-0.4, -0.2) is 145 Å². The number of hydrogen-bond donors (Lipinski definition) is 2. The molecule has 4 rings (SSSR count). The fraction of sp³-hybridized carbons (Fsp3) is 0.630. The number of benzene rings is 2. The number of carbonyl (C=O) groups is 8. The van der Waals surface area contributed by atoms with E-state index >= 15 is 0 Å². The van der Waals surface area contributed by atoms with Crippen molar-refractivity contribution in [1.82, 2.24) is 9.80 Å². The summed E-state index contributed by atoms with van der Waals surface area (Å²) >= 11 is 0. The first-order chi connectivity index (χ1) is 33.6. The number of carboxylic acid groups (broad SMARTS) is 2. The normalized spacial score (nSPS) is 17.2. The summed E-state index contributed by atoms with van der Waals surface area (Å²) in [7, 11) is 0. The van der Waals surface area contributed by atoms with Gasteiger partial charge in [0.15, 0.2) is 23.1 Å². The van der Waals surface area contributed by atoms with Gasteiger partial charge in [-0.3, -0.25) is 38.4 Å². The van der Waals surface area contributed by atoms with Gasteiger partial charge in [0.2, 0.25) is 11.8 Å². The fourth-order valence-electron chi connectivity index (χ4n) is 8.91. The van der Waals surface area contributed by atoms with Crippen molar-refractivity contribution in [3.05, 3.63) is 71.8 Å². The van der Waals surface area contributed by atoms with Crippen LogP contribution in [0.4, 0.5) is 0 Å². The topological polar surface area (TPSA) is 220 Å². The number of hydrogen-bond acceptors (Lipinski definition) is 12. The van der Waals surface area contributed by atoms with E-state index in [1.807, 2.05) is 60.7 Å². The van der Waals surface area contributed by atoms with Gasteiger partial charge >= 0.3 is 11.9 Å². The maximum atomic E-state index is 13.1. The molecule has 0 saturated carbocycles. The molecule has 70 heavy (non-hydrogen) atoms. The molecule has 0 aliphatic carbocycles. The van der Waals surface area contributed by atoms with Crippen LogP contribution in [0.2, 0.25) is 0 Å². The third kappa shape index (κ3) is 22.7. The minimum Gasteiger partial charge on any atom is -0.481 e. The van der Waals surface area contributed by atoms with Crippen molar-refractivity contribution in [3.8, 4) is 0 Å². The first kappa shape index (κ1) is 59.2. The molecule has 0 radical (unpaired) electrons. The molecule has 2 aliphatic rings. The van der Waals surface area contributed by atoms with Gasteiger partial charge in [0.05, 0.1) is 50.3 Å². The third-order valence-corrected chi connectivity index (χ3v) is 12.7. The molecule has 2 aromatic carbocycles. The van der Waals surface area contributed by atoms with E-state index in [-0.39, 0.29) is 61.0 Å². The Kier molecular flexibility index (Phi) is 28.2. The Hall–Kier alpha value is -5.16. The molecule has 6 atom stereocenters. The predicted molar refractivity (Wildman–Crippen MR) is 262 cm³/mol. The second-order valence-electron chi connectivity index (χ2n) is 18.6. The van der Waals surface area contributed by atoms with Crippen LogP contribution in [0.1, 0.15) is 116 Å². The van der Waals surface area contributed by atoms with Gasteiger partial charge in [0.25, 0.3) is 0 Å². The smallest absolute Gasteiger partial charge is 0.306 e. The number of amides is 2. The minimum absolute atomic E-state index is 0.0262. The van der Waals surface area contributed by atoms with Crippen LogP contribution < -0.4 is 0 Å². The molecule has 388 valence electrons. The molecule has 0 spiro atoms. The zero-order valence-corrected chi connectivity index (χ0v) is 41.9. The Bertz CT molecular complexity index is 1790. The number of Topliss-reactive ketones (excluding diaryl/α,β-unsaturated/α-hetero) is 4. The van der Waals surface area contributed by atoms with Gasteiger partial charge in [-0.05, 0) is 102 Å². The predicted octanol–water partition coefficient (Wildman–Crippen LogP) is 6.62. The lowest BCUT2D eigenvalue weighted by Gasteiger charge is -2.28. The van der Waals surface area contributed by atoms with Crippen LogP contribution in [0.15, 0.2) is 60.7 Å². The first-order valence-electron chi connectivity index (χ1n) is 25.1. The Morgan fingerprint density at radius 1 is 0.543 bits per heavy atom. The number of aryl methyl sites for hydroxylation is 2. The highest BCUT2D eigenvalue weighted by atomic mass is 16.5. The Morgan fingerprint density at radius 3 is 1.24 bits per heavy atom. The summed E-state index contributed by atoms with van der Waals surface area (Å²) < 4.78 is 21.1. The van der Waals surface area contributed by atoms with Crippen LogP contribution in [0, 0.1) is 23.7 Å². The molecule has 4 unspecified atom stereocenters. The number of rotatable bonds is 34. The van der Waals surface area contributed by atoms with Crippen molar-refractivity contribution < 1.29 is 67.5 Å². The van der Waals surface area contributed by atoms with Crippen molar-refractivity contribution in [2.45, 2.75) is 130 Å². The van der Waals surface area contributed by atoms with E-state index in [0.29, 0.717) is 117 Å². The quantitative estimate of drug-likeness (QED) is 0.0705. The lowest BCUT2D eigenvalue weighted by atomic mass is 9.89. The summed E-state index contributed by atoms with van der Waals surface area (Å²) in [5.74, 6) is -4.20. The van der Waals surface area contributed by atoms with E-state index in [1.165, 1.54) is 13.8 Å². The summed E-state index contributed by atoms with van der Waals surface area (Å²) in [5, 5.41) is 19.4. The number of nitrogens with zero attached hydrogens (tertiary/aromatic N) is 2. The van der Waals surface area contributed by atoms with Crippen molar-refractivity contribution >= 4 is 46.9 Å². The molecule has 2 saturated heterocycles. The van der Waals surface area contributed by atoms with Crippen molar-refractivity contribution in [1.29, 1.82) is 0 Å². The molecular weight excluding hydrogens is 901 g/mol. The Balaban J connectivity index is 0.000000370. The van der Waals surface area contributed by atoms with Crippen molar-refractivity contribution in [2.75, 3.05) is 65.9 Å². The van der Waals surface area contributed by atoms with E-state index in [0.717, 1.165) is 24.0 Å². The monoisotopic (exact) mass is 979 g/mol. The molecule has 2 fully saturated rings. The number of likely N-dealkylation sites (tertiary alicyclic amines) is 2. The summed E-state index contributed by atoms with van der Waals surface area (Å²) in [5.41, 5.74) is 2.16. The van der Waals surface area contributed by atoms with Gasteiger partial charge in [-0.1, -0.05) is 74.5 Å². The second-order valence-corrected chi connectivity index (χ2v) is 18.6. The van der Waals surface area contributed by atoms with Crippen LogP contribution in [0.25, 0.3) is 0 Å². The molecule has 2 aliphatic heterocycles. The standard InChI is InChI=1S/2C27H39NO7/c2*1-20(18-23(27(32)33)13-12-22-8-4-3-5-9-22)26(31)28-14-6-10-24(28)25(30)11-7-15-34-16-17-35-19-21(2)29/h2*3-5,8-9,20,23-24H,6-7,10-19H2,1-2H3,(H,32,33)/t2*20-,23?,24?/m11/s1. The van der Waals surface area contributed by atoms with E-state index in [2.05, 4.69) is 0 Å². The fourth-order valence-corrected chi connectivity index (χ4v) is 8.91. The molecule has 16 nitrogen and oxygen atoms in total. The number of ether oxygens (including phenoxy) is 4. The molecule has 2 heterocycles. The van der Waals surface area contributed by atoms with Gasteiger partial charge in [-0.2, -0.15) is 0 Å². The molecule has 2 N–H and O–H groups in total. The van der Waals surface area contributed by atoms with Crippen LogP contribution in [0.3, 0.4) is 0 Å². The zero-order chi connectivity index (χ0) is 51.3. The number of carboxylic acids is 2. The molecule has 2 amide bonds. The average Bonchev–Trinajstić information content (AvgIpc) is 4.05. The molecule has 2 aromatic rings. The van der Waals surface area contributed by atoms with Crippen LogP contribution in [-0.2, 0) is 70.1 Å². The van der Waals surface area contributed by atoms with Crippen LogP contribution >= 0.6 is 0 Å². The van der Waals surface area contributed by atoms with Crippen molar-refractivity contribution in [2.24, 2.45) is 23.7 Å². The Morgan fingerprint density at radius 2 is 0.900 bits per heavy atom. The molecule has 16 heteroatoms. The van der Waals surface area contributed by atoms with E-state index in [9.17, 15) is 48.6 Å². The van der Waals surface area contributed by atoms with Gasteiger partial charge < -0.3 is 39.0 Å². The van der Waals surface area contributed by atoms with Gasteiger partial charge in [0.1, 0.15) is 13.2 Å². The largest absolute Gasteiger partial charge is 0.481 e. The van der Waals surface area contributed by atoms with Crippen molar-refractivity contribution in [3.63, 3.8) is 0 Å². The highest BCUT2D eigenvalue weighted by Gasteiger charge is 2.38. The van der Waals surface area contributed by atoms with E-state index in [4.69, 9.17) is 18.9 Å². The van der Waals surface area contributed by atoms with Gasteiger partial charge in [-0.15, -0.1) is 0 Å². The van der Waals surface area contributed by atoms with E-state index < -0.39 is 47.7 Å². The number of carbonyl (C=O) groups excluding carboxylic acids is 6. The molecule has 0 bridgehead atoms. The van der Waals surface area contributed by atoms with Gasteiger partial charge in [0, 0.05) is 51.0 Å². The second kappa shape index (κ2) is 33.4. The molecular formula is C54H78N2O14. The Labute approximate surface area is 414 Å². The summed E-state index contributed by atoms with van der Waals surface area (Å²) in [6, 6.07) is 18.6. The minimum atomic E-state index is -0.888. The van der Waals surface area contributed by atoms with Gasteiger partial charge in [-0.25, -0.2) is 0 Å². The average molecular weight is 979 g/mol. The lowest BCUT2D eigenvalue weighted by molar-refractivity contribution is -0.146. The number of aliphatic carboxylic acids is 2. The first-order valence-corrected chi connectivity index (χ1v) is 25.1. The highest BCUT2D eigenvalue weighted by molar-refractivity contribution is 5.91. The zero-order valence-electron chi connectivity index (χ0n) is 41.9. The molecule has 0 aromatic heterocycles. The number of ketones is 4. The SMILES string of the molecule is CC(=O)COCCOCCCC(=O)C1CCCN1C(=O)[C@H](C)CC(CCc1ccccc1)C(=O)O.CC(=O)COCCOCCCC(=O)C1CCCN1C(=O)[C@H](C)CC(CCc1ccccc1)C(=O)O.